The fraction of sp³-hybridized carbons (Fsp3) is 0.368. The van der Waals surface area contributed by atoms with Crippen LogP contribution in [0.3, 0.4) is 0 Å². The van der Waals surface area contributed by atoms with Crippen molar-refractivity contribution in [3.05, 3.63) is 47.8 Å². The molecule has 2 aromatic rings. The molecule has 1 amide bonds. The van der Waals surface area contributed by atoms with E-state index < -0.39 is 5.97 Å². The van der Waals surface area contributed by atoms with E-state index in [9.17, 15) is 9.59 Å². The molecule has 7 heteroatoms. The van der Waals surface area contributed by atoms with Crippen molar-refractivity contribution in [2.24, 2.45) is 0 Å². The summed E-state index contributed by atoms with van der Waals surface area (Å²) in [5, 5.41) is 2.87. The maximum Gasteiger partial charge on any atom is 0.326 e. The van der Waals surface area contributed by atoms with Gasteiger partial charge in [-0.2, -0.15) is 0 Å². The number of likely N-dealkylation sites (N-methyl/N-ethyl adjacent to an activating group) is 1. The van der Waals surface area contributed by atoms with Gasteiger partial charge in [-0.3, -0.25) is 9.59 Å². The third kappa shape index (κ3) is 5.27. The number of anilines is 2. The minimum Gasteiger partial charge on any atom is -0.454 e. The molecule has 0 aliphatic heterocycles. The van der Waals surface area contributed by atoms with Crippen LogP contribution in [0.1, 0.15) is 25.0 Å². The van der Waals surface area contributed by atoms with E-state index in [1.54, 1.807) is 30.4 Å². The molecule has 0 bridgehead atoms. The number of nitrogens with one attached hydrogen (secondary N) is 1. The smallest absolute Gasteiger partial charge is 0.326 e. The van der Waals surface area contributed by atoms with Crippen molar-refractivity contribution in [2.75, 3.05) is 30.4 Å². The third-order valence-electron chi connectivity index (χ3n) is 3.89. The van der Waals surface area contributed by atoms with Gasteiger partial charge in [0.2, 0.25) is 5.95 Å². The second kappa shape index (κ2) is 9.50. The molecule has 0 unspecified atom stereocenters. The van der Waals surface area contributed by atoms with Crippen LogP contribution in [0.2, 0.25) is 0 Å². The topological polar surface area (TPSA) is 84.4 Å². The molecular weight excluding hydrogens is 332 g/mol. The van der Waals surface area contributed by atoms with Gasteiger partial charge in [-0.25, -0.2) is 9.97 Å². The quantitative estimate of drug-likeness (QED) is 0.730. The molecule has 0 saturated carbocycles. The first-order valence-electron chi connectivity index (χ1n) is 8.59. The highest BCUT2D eigenvalue weighted by molar-refractivity contribution is 5.94. The van der Waals surface area contributed by atoms with Gasteiger partial charge < -0.3 is 15.0 Å². The second-order valence-corrected chi connectivity index (χ2v) is 5.77. The average Bonchev–Trinajstić information content (AvgIpc) is 2.67. The number of hydrogen-bond donors (Lipinski definition) is 1. The molecular formula is C19H24N4O3. The Morgan fingerprint density at radius 2 is 1.69 bits per heavy atom. The van der Waals surface area contributed by atoms with Crippen LogP contribution >= 0.6 is 0 Å². The highest BCUT2D eigenvalue weighted by atomic mass is 16.5. The maximum atomic E-state index is 12.2. The zero-order valence-corrected chi connectivity index (χ0v) is 15.4. The molecule has 0 radical (unpaired) electrons. The molecule has 0 fully saturated rings. The lowest BCUT2D eigenvalue weighted by molar-refractivity contribution is -0.145. The fourth-order valence-electron chi connectivity index (χ4n) is 2.52. The Kier molecular flexibility index (Phi) is 7.08. The number of carbonyl (C=O) groups excluding carboxylic acids is 2. The van der Waals surface area contributed by atoms with Crippen molar-refractivity contribution in [3.63, 3.8) is 0 Å². The lowest BCUT2D eigenvalue weighted by Crippen LogP contribution is -2.30. The predicted molar refractivity (Wildman–Crippen MR) is 100 cm³/mol. The standard InChI is InChI=1S/C19H24N4O3/c1-4-14-8-6-9-15(5-2)18(14)22-16(24)13-26-17(25)12-23(3)19-20-10-7-11-21-19/h6-11H,4-5,12-13H2,1-3H3,(H,22,24). The molecule has 1 aromatic carbocycles. The van der Waals surface area contributed by atoms with Crippen LogP contribution in [0.4, 0.5) is 11.6 Å². The first kappa shape index (κ1) is 19.4. The monoisotopic (exact) mass is 356 g/mol. The zero-order valence-electron chi connectivity index (χ0n) is 15.4. The SMILES string of the molecule is CCc1cccc(CC)c1NC(=O)COC(=O)CN(C)c1ncccn1. The molecule has 0 spiro atoms. The number of aromatic nitrogens is 2. The van der Waals surface area contributed by atoms with Gasteiger partial charge in [0.05, 0.1) is 0 Å². The first-order valence-corrected chi connectivity index (χ1v) is 8.59. The van der Waals surface area contributed by atoms with E-state index in [4.69, 9.17) is 4.74 Å². The van der Waals surface area contributed by atoms with E-state index in [-0.39, 0.29) is 19.1 Å². The normalized spacial score (nSPS) is 10.3. The summed E-state index contributed by atoms with van der Waals surface area (Å²) in [6.07, 6.45) is 4.80. The number of amides is 1. The Morgan fingerprint density at radius 1 is 1.08 bits per heavy atom. The first-order chi connectivity index (χ1) is 12.5. The number of esters is 1. The minimum absolute atomic E-state index is 0.0386. The lowest BCUT2D eigenvalue weighted by Gasteiger charge is -2.16. The Morgan fingerprint density at radius 3 is 2.27 bits per heavy atom. The van der Waals surface area contributed by atoms with Gasteiger partial charge in [0.15, 0.2) is 6.61 Å². The average molecular weight is 356 g/mol. The van der Waals surface area contributed by atoms with E-state index in [0.29, 0.717) is 5.95 Å². The fourth-order valence-corrected chi connectivity index (χ4v) is 2.52. The van der Waals surface area contributed by atoms with Crippen molar-refractivity contribution >= 4 is 23.5 Å². The van der Waals surface area contributed by atoms with Crippen LogP contribution in [-0.2, 0) is 27.2 Å². The summed E-state index contributed by atoms with van der Waals surface area (Å²) in [6.45, 7) is 3.70. The molecule has 138 valence electrons. The molecule has 0 aliphatic rings. The van der Waals surface area contributed by atoms with Crippen molar-refractivity contribution < 1.29 is 14.3 Å². The van der Waals surface area contributed by atoms with Crippen LogP contribution in [0, 0.1) is 0 Å². The van der Waals surface area contributed by atoms with Crippen molar-refractivity contribution in [2.45, 2.75) is 26.7 Å². The van der Waals surface area contributed by atoms with Gasteiger partial charge in [-0.15, -0.1) is 0 Å². The minimum atomic E-state index is -0.519. The number of rotatable bonds is 8. The highest BCUT2D eigenvalue weighted by Crippen LogP contribution is 2.22. The van der Waals surface area contributed by atoms with Gasteiger partial charge in [-0.05, 0) is 30.0 Å². The van der Waals surface area contributed by atoms with Gasteiger partial charge >= 0.3 is 5.97 Å². The number of hydrogen-bond acceptors (Lipinski definition) is 6. The molecule has 0 aliphatic carbocycles. The third-order valence-corrected chi connectivity index (χ3v) is 3.89. The molecule has 0 atom stereocenters. The second-order valence-electron chi connectivity index (χ2n) is 5.77. The van der Waals surface area contributed by atoms with Crippen LogP contribution in [0.25, 0.3) is 0 Å². The highest BCUT2D eigenvalue weighted by Gasteiger charge is 2.14. The van der Waals surface area contributed by atoms with Crippen LogP contribution in [-0.4, -0.2) is 42.0 Å². The van der Waals surface area contributed by atoms with E-state index in [1.165, 1.54) is 0 Å². The molecule has 0 saturated heterocycles. The van der Waals surface area contributed by atoms with Crippen molar-refractivity contribution in [3.8, 4) is 0 Å². The largest absolute Gasteiger partial charge is 0.454 e. The molecule has 7 nitrogen and oxygen atoms in total. The Bertz CT molecular complexity index is 727. The summed E-state index contributed by atoms with van der Waals surface area (Å²) in [7, 11) is 1.68. The zero-order chi connectivity index (χ0) is 18.9. The molecule has 1 aromatic heterocycles. The maximum absolute atomic E-state index is 12.2. The number of ether oxygens (including phenoxy) is 1. The van der Waals surface area contributed by atoms with Gasteiger partial charge in [0.25, 0.3) is 5.91 Å². The summed E-state index contributed by atoms with van der Waals surface area (Å²) >= 11 is 0. The number of nitrogens with zero attached hydrogens (tertiary/aromatic N) is 3. The van der Waals surface area contributed by atoms with Gasteiger partial charge in [0, 0.05) is 25.1 Å². The molecule has 2 rings (SSSR count). The van der Waals surface area contributed by atoms with E-state index in [0.717, 1.165) is 29.7 Å². The predicted octanol–water partition coefficient (Wildman–Crippen LogP) is 2.22. The summed E-state index contributed by atoms with van der Waals surface area (Å²) in [6, 6.07) is 7.64. The van der Waals surface area contributed by atoms with Crippen molar-refractivity contribution in [1.82, 2.24) is 9.97 Å². The molecule has 1 N–H and O–H groups in total. The van der Waals surface area contributed by atoms with Crippen LogP contribution < -0.4 is 10.2 Å². The molecule has 26 heavy (non-hydrogen) atoms. The number of para-hydroxylation sites is 1. The Balaban J connectivity index is 1.88. The van der Waals surface area contributed by atoms with Gasteiger partial charge in [0.1, 0.15) is 6.54 Å². The summed E-state index contributed by atoms with van der Waals surface area (Å²) < 4.78 is 5.07. The number of carbonyl (C=O) groups is 2. The van der Waals surface area contributed by atoms with Crippen molar-refractivity contribution in [1.29, 1.82) is 0 Å². The summed E-state index contributed by atoms with van der Waals surface area (Å²) in [5.41, 5.74) is 2.93. The Hall–Kier alpha value is -2.96. The summed E-state index contributed by atoms with van der Waals surface area (Å²) in [5.74, 6) is -0.458. The number of benzene rings is 1. The van der Waals surface area contributed by atoms with E-state index >= 15 is 0 Å². The lowest BCUT2D eigenvalue weighted by atomic mass is 10.0. The summed E-state index contributed by atoms with van der Waals surface area (Å²) in [4.78, 5) is 33.8. The van der Waals surface area contributed by atoms with Gasteiger partial charge in [-0.1, -0.05) is 32.0 Å². The van der Waals surface area contributed by atoms with Crippen LogP contribution in [0.15, 0.2) is 36.7 Å². The Labute approximate surface area is 153 Å². The van der Waals surface area contributed by atoms with Crippen LogP contribution in [0.5, 0.6) is 0 Å². The number of aryl methyl sites for hydroxylation is 2. The van der Waals surface area contributed by atoms with E-state index in [2.05, 4.69) is 15.3 Å². The van der Waals surface area contributed by atoms with E-state index in [1.807, 2.05) is 32.0 Å². The molecule has 1 heterocycles.